The molecule has 1 aromatic heterocycles. The Bertz CT molecular complexity index is 729. The molecule has 2 aromatic rings. The molecule has 2 fully saturated rings. The van der Waals surface area contributed by atoms with Crippen molar-refractivity contribution in [2.24, 2.45) is 0 Å². The van der Waals surface area contributed by atoms with E-state index in [0.29, 0.717) is 17.8 Å². The van der Waals surface area contributed by atoms with Crippen molar-refractivity contribution in [2.75, 3.05) is 20.1 Å². The van der Waals surface area contributed by atoms with E-state index in [4.69, 9.17) is 0 Å². The van der Waals surface area contributed by atoms with Gasteiger partial charge in [0.05, 0.1) is 5.52 Å². The standard InChI is InChI=1S/C19H23N3O/c1-21-12-4-8-17(21)18-9-5-13-22(18)19(23)16-11-10-14-6-2-3-7-15(14)20-16/h2-3,6-7,10-11,17-18H,4-5,8-9,12-13H2,1H3/t17-,18+/m1/s1. The number of amides is 1. The molecule has 4 heteroatoms. The minimum absolute atomic E-state index is 0.0959. The van der Waals surface area contributed by atoms with Crippen LogP contribution in [0.3, 0.4) is 0 Å². The van der Waals surface area contributed by atoms with Gasteiger partial charge < -0.3 is 9.80 Å². The molecule has 2 atom stereocenters. The Labute approximate surface area is 137 Å². The van der Waals surface area contributed by atoms with Crippen LogP contribution in [-0.2, 0) is 0 Å². The van der Waals surface area contributed by atoms with Crippen molar-refractivity contribution in [3.8, 4) is 0 Å². The van der Waals surface area contributed by atoms with Crippen molar-refractivity contribution in [2.45, 2.75) is 37.8 Å². The molecule has 2 aliphatic rings. The molecule has 4 nitrogen and oxygen atoms in total. The van der Waals surface area contributed by atoms with Crippen LogP contribution >= 0.6 is 0 Å². The van der Waals surface area contributed by atoms with Gasteiger partial charge in [0, 0.05) is 24.0 Å². The van der Waals surface area contributed by atoms with E-state index in [1.807, 2.05) is 36.4 Å². The van der Waals surface area contributed by atoms with E-state index in [1.165, 1.54) is 12.8 Å². The number of pyridine rings is 1. The number of carbonyl (C=O) groups excluding carboxylic acids is 1. The lowest BCUT2D eigenvalue weighted by Crippen LogP contribution is -2.47. The molecule has 0 aliphatic carbocycles. The van der Waals surface area contributed by atoms with E-state index in [2.05, 4.69) is 21.8 Å². The van der Waals surface area contributed by atoms with Crippen LogP contribution in [-0.4, -0.2) is 52.9 Å². The van der Waals surface area contributed by atoms with Crippen LogP contribution in [0.5, 0.6) is 0 Å². The number of nitrogens with zero attached hydrogens (tertiary/aromatic N) is 3. The lowest BCUT2D eigenvalue weighted by Gasteiger charge is -2.33. The number of likely N-dealkylation sites (N-methyl/N-ethyl adjacent to an activating group) is 1. The van der Waals surface area contributed by atoms with Gasteiger partial charge in [0.25, 0.3) is 5.91 Å². The second kappa shape index (κ2) is 5.93. The number of benzene rings is 1. The highest BCUT2D eigenvalue weighted by Gasteiger charge is 2.38. The third-order valence-electron chi connectivity index (χ3n) is 5.40. The van der Waals surface area contributed by atoms with E-state index in [-0.39, 0.29) is 5.91 Å². The van der Waals surface area contributed by atoms with Crippen molar-refractivity contribution in [1.82, 2.24) is 14.8 Å². The monoisotopic (exact) mass is 309 g/mol. The van der Waals surface area contributed by atoms with Crippen LogP contribution in [0, 0.1) is 0 Å². The Hall–Kier alpha value is -1.94. The van der Waals surface area contributed by atoms with Gasteiger partial charge in [-0.2, -0.15) is 0 Å². The zero-order valence-electron chi connectivity index (χ0n) is 13.6. The first-order chi connectivity index (χ1) is 11.2. The summed E-state index contributed by atoms with van der Waals surface area (Å²) in [6, 6.07) is 12.7. The van der Waals surface area contributed by atoms with Gasteiger partial charge in [-0.15, -0.1) is 0 Å². The first kappa shape index (κ1) is 14.6. The Morgan fingerprint density at radius 3 is 2.65 bits per heavy atom. The summed E-state index contributed by atoms with van der Waals surface area (Å²) < 4.78 is 0. The molecule has 0 radical (unpaired) electrons. The van der Waals surface area contributed by atoms with Gasteiger partial charge in [0.15, 0.2) is 0 Å². The largest absolute Gasteiger partial charge is 0.333 e. The lowest BCUT2D eigenvalue weighted by atomic mass is 10.0. The number of rotatable bonds is 2. The molecular formula is C19H23N3O. The smallest absolute Gasteiger partial charge is 0.272 e. The van der Waals surface area contributed by atoms with Crippen molar-refractivity contribution < 1.29 is 4.79 Å². The van der Waals surface area contributed by atoms with Gasteiger partial charge in [-0.3, -0.25) is 4.79 Å². The molecule has 0 unspecified atom stereocenters. The maximum atomic E-state index is 13.0. The summed E-state index contributed by atoms with van der Waals surface area (Å²) >= 11 is 0. The molecule has 3 heterocycles. The Kier molecular flexibility index (Phi) is 3.77. The van der Waals surface area contributed by atoms with Gasteiger partial charge in [0.2, 0.25) is 0 Å². The van der Waals surface area contributed by atoms with Gasteiger partial charge in [-0.05, 0) is 51.4 Å². The Balaban J connectivity index is 1.61. The van der Waals surface area contributed by atoms with Crippen molar-refractivity contribution in [1.29, 1.82) is 0 Å². The first-order valence-corrected chi connectivity index (χ1v) is 8.61. The zero-order valence-corrected chi connectivity index (χ0v) is 13.6. The van der Waals surface area contributed by atoms with Crippen LogP contribution in [0.1, 0.15) is 36.2 Å². The molecule has 0 N–H and O–H groups in total. The molecule has 1 aromatic carbocycles. The van der Waals surface area contributed by atoms with Gasteiger partial charge in [-0.25, -0.2) is 4.98 Å². The molecule has 0 saturated carbocycles. The molecule has 23 heavy (non-hydrogen) atoms. The molecule has 0 bridgehead atoms. The number of aromatic nitrogens is 1. The van der Waals surface area contributed by atoms with E-state index in [0.717, 1.165) is 36.8 Å². The van der Waals surface area contributed by atoms with E-state index in [9.17, 15) is 4.79 Å². The second-order valence-corrected chi connectivity index (χ2v) is 6.79. The highest BCUT2D eigenvalue weighted by atomic mass is 16.2. The van der Waals surface area contributed by atoms with Crippen LogP contribution in [0.4, 0.5) is 0 Å². The lowest BCUT2D eigenvalue weighted by molar-refractivity contribution is 0.0659. The van der Waals surface area contributed by atoms with Crippen molar-refractivity contribution >= 4 is 16.8 Å². The summed E-state index contributed by atoms with van der Waals surface area (Å²) in [5.74, 6) is 0.0959. The van der Waals surface area contributed by atoms with E-state index < -0.39 is 0 Å². The number of para-hydroxylation sites is 1. The fraction of sp³-hybridized carbons (Fsp3) is 0.474. The predicted molar refractivity (Wildman–Crippen MR) is 91.5 cm³/mol. The topological polar surface area (TPSA) is 36.4 Å². The van der Waals surface area contributed by atoms with Crippen LogP contribution in [0.15, 0.2) is 36.4 Å². The summed E-state index contributed by atoms with van der Waals surface area (Å²) in [5, 5.41) is 1.08. The number of fused-ring (bicyclic) bond motifs is 1. The molecule has 0 spiro atoms. The average Bonchev–Trinajstić information content (AvgIpc) is 3.22. The molecule has 1 amide bonds. The van der Waals surface area contributed by atoms with Crippen LogP contribution in [0.25, 0.3) is 10.9 Å². The fourth-order valence-corrected chi connectivity index (χ4v) is 4.20. The molecule has 4 rings (SSSR count). The minimum atomic E-state index is 0.0959. The summed E-state index contributed by atoms with van der Waals surface area (Å²) in [4.78, 5) is 22.1. The summed E-state index contributed by atoms with van der Waals surface area (Å²) in [5.41, 5.74) is 1.48. The third-order valence-corrected chi connectivity index (χ3v) is 5.40. The summed E-state index contributed by atoms with van der Waals surface area (Å²) in [6.45, 7) is 2.01. The van der Waals surface area contributed by atoms with Crippen molar-refractivity contribution in [3.05, 3.63) is 42.1 Å². The maximum absolute atomic E-state index is 13.0. The van der Waals surface area contributed by atoms with Crippen LogP contribution < -0.4 is 0 Å². The van der Waals surface area contributed by atoms with Crippen molar-refractivity contribution in [3.63, 3.8) is 0 Å². The number of likely N-dealkylation sites (tertiary alicyclic amines) is 2. The molecular weight excluding hydrogens is 286 g/mol. The van der Waals surface area contributed by atoms with Crippen LogP contribution in [0.2, 0.25) is 0 Å². The molecule has 120 valence electrons. The molecule has 2 saturated heterocycles. The SMILES string of the molecule is CN1CCC[C@@H]1[C@@H]1CCCN1C(=O)c1ccc2ccccc2n1. The first-order valence-electron chi connectivity index (χ1n) is 8.61. The normalized spacial score (nSPS) is 25.3. The predicted octanol–water partition coefficient (Wildman–Crippen LogP) is 2.93. The van der Waals surface area contributed by atoms with Gasteiger partial charge in [0.1, 0.15) is 5.69 Å². The number of carbonyl (C=O) groups is 1. The van der Waals surface area contributed by atoms with E-state index >= 15 is 0 Å². The second-order valence-electron chi connectivity index (χ2n) is 6.79. The Morgan fingerprint density at radius 1 is 1.04 bits per heavy atom. The Morgan fingerprint density at radius 2 is 1.83 bits per heavy atom. The highest BCUT2D eigenvalue weighted by molar-refractivity contribution is 5.95. The minimum Gasteiger partial charge on any atom is -0.333 e. The van der Waals surface area contributed by atoms with E-state index in [1.54, 1.807) is 0 Å². The quantitative estimate of drug-likeness (QED) is 0.856. The highest BCUT2D eigenvalue weighted by Crippen LogP contribution is 2.30. The van der Waals surface area contributed by atoms with Gasteiger partial charge in [-0.1, -0.05) is 24.3 Å². The number of hydrogen-bond acceptors (Lipinski definition) is 3. The zero-order chi connectivity index (χ0) is 15.8. The maximum Gasteiger partial charge on any atom is 0.272 e. The third kappa shape index (κ3) is 2.61. The fourth-order valence-electron chi connectivity index (χ4n) is 4.20. The average molecular weight is 309 g/mol. The van der Waals surface area contributed by atoms with Gasteiger partial charge >= 0.3 is 0 Å². The number of hydrogen-bond donors (Lipinski definition) is 0. The summed E-state index contributed by atoms with van der Waals surface area (Å²) in [6.07, 6.45) is 4.67. The molecule has 2 aliphatic heterocycles. The summed E-state index contributed by atoms with van der Waals surface area (Å²) in [7, 11) is 2.19.